The van der Waals surface area contributed by atoms with Gasteiger partial charge in [0.25, 0.3) is 0 Å². The Morgan fingerprint density at radius 1 is 1.42 bits per heavy atom. The SMILES string of the molecule is [2H][13C]([2H])([2H])N1C[C@H](COC(=O)c2cncc(Br)c2)C[C@]2(OC)c3cccc4c3c(cn4C)C[C@@H]12. The van der Waals surface area contributed by atoms with Crippen LogP contribution in [0.4, 0.5) is 0 Å². The second-order valence-electron chi connectivity index (χ2n) is 8.49. The molecular formula is C24H26BrN3O3. The highest BCUT2D eigenvalue weighted by molar-refractivity contribution is 9.10. The summed E-state index contributed by atoms with van der Waals surface area (Å²) in [5, 5.41) is 1.13. The number of nitrogens with zero attached hydrogens (tertiary/aromatic N) is 3. The summed E-state index contributed by atoms with van der Waals surface area (Å²) in [6, 6.07) is 7.40. The number of halogens is 1. The molecule has 31 heavy (non-hydrogen) atoms. The topological polar surface area (TPSA) is 56.6 Å². The van der Waals surface area contributed by atoms with Crippen LogP contribution in [0.3, 0.4) is 0 Å². The third-order valence-electron chi connectivity index (χ3n) is 6.68. The van der Waals surface area contributed by atoms with Gasteiger partial charge < -0.3 is 14.0 Å². The number of carbonyl (C=O) groups is 1. The van der Waals surface area contributed by atoms with Gasteiger partial charge in [-0.3, -0.25) is 9.88 Å². The molecule has 0 radical (unpaired) electrons. The van der Waals surface area contributed by atoms with E-state index >= 15 is 0 Å². The number of aromatic nitrogens is 2. The lowest BCUT2D eigenvalue weighted by molar-refractivity contribution is -0.131. The summed E-state index contributed by atoms with van der Waals surface area (Å²) in [6.07, 6.45) is 6.27. The molecule has 3 atom stereocenters. The van der Waals surface area contributed by atoms with Crippen molar-refractivity contribution >= 4 is 32.8 Å². The zero-order valence-corrected chi connectivity index (χ0v) is 19.1. The molecule has 0 amide bonds. The van der Waals surface area contributed by atoms with Gasteiger partial charge in [0.05, 0.1) is 12.2 Å². The van der Waals surface area contributed by atoms with Crippen LogP contribution in [0.25, 0.3) is 10.9 Å². The van der Waals surface area contributed by atoms with Gasteiger partial charge in [-0.2, -0.15) is 0 Å². The molecule has 6 nitrogen and oxygen atoms in total. The maximum absolute atomic E-state index is 12.6. The number of likely N-dealkylation sites (tertiary alicyclic amines) is 1. The van der Waals surface area contributed by atoms with E-state index in [4.69, 9.17) is 13.6 Å². The van der Waals surface area contributed by atoms with Crippen molar-refractivity contribution in [3.8, 4) is 0 Å². The number of piperidine rings is 1. The lowest BCUT2D eigenvalue weighted by atomic mass is 9.69. The van der Waals surface area contributed by atoms with E-state index in [2.05, 4.69) is 37.7 Å². The summed E-state index contributed by atoms with van der Waals surface area (Å²) in [5.74, 6) is -0.708. The largest absolute Gasteiger partial charge is 0.462 e. The molecule has 5 rings (SSSR count). The molecule has 0 bridgehead atoms. The highest BCUT2D eigenvalue weighted by Gasteiger charge is 2.51. The van der Waals surface area contributed by atoms with Crippen molar-refractivity contribution < 1.29 is 18.4 Å². The van der Waals surface area contributed by atoms with Crippen LogP contribution < -0.4 is 0 Å². The normalized spacial score (nSPS) is 27.3. The number of carbonyl (C=O) groups excluding carboxylic acids is 1. The molecule has 0 spiro atoms. The van der Waals surface area contributed by atoms with Crippen LogP contribution in [0.2, 0.25) is 0 Å². The van der Waals surface area contributed by atoms with E-state index < -0.39 is 18.5 Å². The molecule has 0 saturated carbocycles. The molecule has 1 aromatic carbocycles. The fourth-order valence-corrected chi connectivity index (χ4v) is 5.71. The van der Waals surface area contributed by atoms with Crippen LogP contribution in [0, 0.1) is 5.92 Å². The smallest absolute Gasteiger partial charge is 0.339 e. The number of rotatable bonds is 4. The van der Waals surface area contributed by atoms with Crippen molar-refractivity contribution in [2.75, 3.05) is 27.2 Å². The Kier molecular flexibility index (Phi) is 4.32. The Morgan fingerprint density at radius 3 is 3.06 bits per heavy atom. The first-order valence-electron chi connectivity index (χ1n) is 11.8. The number of benzene rings is 1. The number of likely N-dealkylation sites (N-methyl/N-ethyl adjacent to an activating group) is 1. The maximum Gasteiger partial charge on any atom is 0.339 e. The number of ether oxygens (including phenoxy) is 2. The van der Waals surface area contributed by atoms with Gasteiger partial charge in [0, 0.05) is 70.7 Å². The summed E-state index contributed by atoms with van der Waals surface area (Å²) < 4.78 is 39.5. The Balaban J connectivity index is 1.51. The molecule has 7 heteroatoms. The predicted molar refractivity (Wildman–Crippen MR) is 122 cm³/mol. The third-order valence-corrected chi connectivity index (χ3v) is 7.11. The van der Waals surface area contributed by atoms with Crippen LogP contribution in [0.1, 0.15) is 32.0 Å². The Morgan fingerprint density at radius 2 is 2.29 bits per heavy atom. The Hall–Kier alpha value is -2.22. The van der Waals surface area contributed by atoms with Gasteiger partial charge in [-0.1, -0.05) is 12.1 Å². The number of methoxy groups -OCH3 is 1. The summed E-state index contributed by atoms with van der Waals surface area (Å²) in [4.78, 5) is 18.2. The van der Waals surface area contributed by atoms with Gasteiger partial charge in [-0.15, -0.1) is 0 Å². The van der Waals surface area contributed by atoms with Crippen LogP contribution in [0.5, 0.6) is 0 Å². The second kappa shape index (κ2) is 7.73. The minimum absolute atomic E-state index is 0.0907. The summed E-state index contributed by atoms with van der Waals surface area (Å²) >= 11 is 3.31. The highest BCUT2D eigenvalue weighted by atomic mass is 79.9. The van der Waals surface area contributed by atoms with Crippen LogP contribution in [-0.4, -0.2) is 53.7 Å². The zero-order chi connectivity index (χ0) is 24.3. The maximum atomic E-state index is 12.6. The minimum Gasteiger partial charge on any atom is -0.462 e. The lowest BCUT2D eigenvalue weighted by Crippen LogP contribution is -2.59. The van der Waals surface area contributed by atoms with Gasteiger partial charge in [0.2, 0.25) is 0 Å². The lowest BCUT2D eigenvalue weighted by Gasteiger charge is -2.53. The van der Waals surface area contributed by atoms with E-state index in [1.54, 1.807) is 24.3 Å². The van der Waals surface area contributed by atoms with Gasteiger partial charge in [0.1, 0.15) is 5.60 Å². The molecule has 0 N–H and O–H groups in total. The van der Waals surface area contributed by atoms with Crippen LogP contribution >= 0.6 is 15.9 Å². The van der Waals surface area contributed by atoms with E-state index in [0.29, 0.717) is 22.9 Å². The van der Waals surface area contributed by atoms with Gasteiger partial charge >= 0.3 is 5.97 Å². The Labute approximate surface area is 194 Å². The molecule has 1 saturated heterocycles. The quantitative estimate of drug-likeness (QED) is 0.412. The standard InChI is InChI=1S/C24H26BrN3O3/c1-27-13-17-8-21-24(30-3,19-5-4-6-20(27)22(17)19)9-15(12-28(21)2)14-31-23(29)16-7-18(25)11-26-10-16/h4-7,10-11,13,15,21H,8-9,12,14H2,1-3H3/t15-,21-,24+/m1/s1/i2+1D3. The number of hydrogen-bond acceptors (Lipinski definition) is 5. The molecule has 162 valence electrons. The third kappa shape index (κ3) is 3.30. The summed E-state index contributed by atoms with van der Waals surface area (Å²) in [6.45, 7) is -1.94. The molecule has 2 aromatic heterocycles. The van der Waals surface area contributed by atoms with Crippen molar-refractivity contribution in [1.29, 1.82) is 0 Å². The molecule has 1 aliphatic heterocycles. The van der Waals surface area contributed by atoms with Crippen LogP contribution in [-0.2, 0) is 28.5 Å². The summed E-state index contributed by atoms with van der Waals surface area (Å²) in [7, 11) is 3.66. The molecule has 0 unspecified atom stereocenters. The van der Waals surface area contributed by atoms with Gasteiger partial charge in [-0.05, 0) is 59.0 Å². The monoisotopic (exact) mass is 487 g/mol. The van der Waals surface area contributed by atoms with Gasteiger partial charge in [-0.25, -0.2) is 4.79 Å². The molecule has 1 fully saturated rings. The van der Waals surface area contributed by atoms with Crippen molar-refractivity contribution in [2.45, 2.75) is 24.5 Å². The molecule has 3 heterocycles. The second-order valence-corrected chi connectivity index (χ2v) is 9.41. The fraction of sp³-hybridized carbons (Fsp3) is 0.417. The first-order valence-corrected chi connectivity index (χ1v) is 11.1. The molecule has 1 aliphatic carbocycles. The van der Waals surface area contributed by atoms with E-state index in [1.165, 1.54) is 6.20 Å². The molecular weight excluding hydrogens is 459 g/mol. The van der Waals surface area contributed by atoms with E-state index in [-0.39, 0.29) is 25.1 Å². The van der Waals surface area contributed by atoms with Gasteiger partial charge in [0.15, 0.2) is 0 Å². The van der Waals surface area contributed by atoms with E-state index in [0.717, 1.165) is 22.0 Å². The highest BCUT2D eigenvalue weighted by Crippen LogP contribution is 2.49. The van der Waals surface area contributed by atoms with Crippen LogP contribution in [0.15, 0.2) is 47.3 Å². The number of pyridine rings is 1. The number of aryl methyl sites for hydroxylation is 1. The number of hydrogen-bond donors (Lipinski definition) is 0. The van der Waals surface area contributed by atoms with Crippen molar-refractivity contribution in [3.63, 3.8) is 0 Å². The minimum atomic E-state index is -2.31. The first kappa shape index (κ1) is 17.3. The van der Waals surface area contributed by atoms with Crippen molar-refractivity contribution in [3.05, 3.63) is 64.0 Å². The number of esters is 1. The average molecular weight is 488 g/mol. The van der Waals surface area contributed by atoms with E-state index in [9.17, 15) is 4.79 Å². The molecule has 2 aliphatic rings. The number of fused-ring (bicyclic) bond motifs is 2. The van der Waals surface area contributed by atoms with E-state index in [1.807, 2.05) is 19.2 Å². The first-order chi connectivity index (χ1) is 16.1. The average Bonchev–Trinajstić information content (AvgIpc) is 3.13. The van der Waals surface area contributed by atoms with Crippen molar-refractivity contribution in [1.82, 2.24) is 14.5 Å². The fourth-order valence-electron chi connectivity index (χ4n) is 5.35. The van der Waals surface area contributed by atoms with Crippen molar-refractivity contribution in [2.24, 2.45) is 13.0 Å². The Bertz CT molecular complexity index is 1260. The molecule has 3 aromatic rings. The predicted octanol–water partition coefficient (Wildman–Crippen LogP) is 3.91. The zero-order valence-electron chi connectivity index (χ0n) is 20.5. The summed E-state index contributed by atoms with van der Waals surface area (Å²) in [5.41, 5.74) is 2.74.